The van der Waals surface area contributed by atoms with Crippen molar-refractivity contribution in [3.8, 4) is 0 Å². The second kappa shape index (κ2) is 9.55. The van der Waals surface area contributed by atoms with E-state index in [0.29, 0.717) is 13.0 Å². The molecule has 0 aliphatic rings. The van der Waals surface area contributed by atoms with Crippen molar-refractivity contribution in [2.75, 3.05) is 7.05 Å². The molecule has 0 aliphatic carbocycles. The molecule has 106 valence electrons. The number of carbonyl (C=O) groups is 1. The Bertz CT molecular complexity index is 358. The molecule has 2 N–H and O–H groups in total. The van der Waals surface area contributed by atoms with Gasteiger partial charge in [-0.2, -0.15) is 0 Å². The van der Waals surface area contributed by atoms with Crippen molar-refractivity contribution < 1.29 is 4.79 Å². The van der Waals surface area contributed by atoms with Gasteiger partial charge in [0, 0.05) is 30.6 Å². The predicted octanol–water partition coefficient (Wildman–Crippen LogP) is 2.24. The zero-order valence-corrected chi connectivity index (χ0v) is 13.3. The number of nitrogens with two attached hydrogens (primary N) is 1. The molecule has 18 heavy (non-hydrogen) atoms. The van der Waals surface area contributed by atoms with E-state index in [-0.39, 0.29) is 36.8 Å². The molecule has 0 fully saturated rings. The van der Waals surface area contributed by atoms with E-state index in [4.69, 9.17) is 5.73 Å². The second-order valence-electron chi connectivity index (χ2n) is 4.01. The van der Waals surface area contributed by atoms with Gasteiger partial charge in [0.15, 0.2) is 0 Å². The third-order valence-corrected chi connectivity index (χ3v) is 3.37. The monoisotopic (exact) mass is 313 g/mol. The zero-order chi connectivity index (χ0) is 12.1. The van der Waals surface area contributed by atoms with Gasteiger partial charge in [0.05, 0.1) is 6.54 Å². The Kier molecular flexibility index (Phi) is 10.6. The largest absolute Gasteiger partial charge is 0.339 e. The summed E-state index contributed by atoms with van der Waals surface area (Å²) in [6.07, 6.45) is 3.27. The summed E-state index contributed by atoms with van der Waals surface area (Å²) in [5.74, 6) is 0.0725. The Balaban J connectivity index is 0. The average molecular weight is 314 g/mol. The number of hydrogen-bond donors (Lipinski definition) is 1. The number of carbonyl (C=O) groups excluding carboxylic acids is 1. The van der Waals surface area contributed by atoms with E-state index < -0.39 is 0 Å². The SMILES string of the molecule is CCc1cnc(CN(C)C(=O)CC(C)N)s1.Cl.Cl. The van der Waals surface area contributed by atoms with Gasteiger partial charge in [-0.3, -0.25) is 4.79 Å². The lowest BCUT2D eigenvalue weighted by Crippen LogP contribution is -2.31. The normalized spacial score (nSPS) is 11.1. The smallest absolute Gasteiger partial charge is 0.224 e. The van der Waals surface area contributed by atoms with E-state index in [1.165, 1.54) is 4.88 Å². The fourth-order valence-corrected chi connectivity index (χ4v) is 2.22. The van der Waals surface area contributed by atoms with E-state index >= 15 is 0 Å². The summed E-state index contributed by atoms with van der Waals surface area (Å²) in [5, 5.41) is 0.984. The van der Waals surface area contributed by atoms with Crippen molar-refractivity contribution in [3.63, 3.8) is 0 Å². The van der Waals surface area contributed by atoms with Crippen LogP contribution >= 0.6 is 36.2 Å². The number of halogens is 2. The Hall–Kier alpha value is -0.360. The minimum absolute atomic E-state index is 0. The van der Waals surface area contributed by atoms with Crippen molar-refractivity contribution in [3.05, 3.63) is 16.1 Å². The first-order valence-corrected chi connectivity index (χ1v) is 6.27. The van der Waals surface area contributed by atoms with Gasteiger partial charge in [-0.05, 0) is 13.3 Å². The van der Waals surface area contributed by atoms with Crippen molar-refractivity contribution in [2.24, 2.45) is 5.73 Å². The van der Waals surface area contributed by atoms with Crippen molar-refractivity contribution >= 4 is 42.1 Å². The molecule has 1 unspecified atom stereocenters. The summed E-state index contributed by atoms with van der Waals surface area (Å²) in [4.78, 5) is 18.9. The van der Waals surface area contributed by atoms with Gasteiger partial charge in [-0.15, -0.1) is 36.2 Å². The van der Waals surface area contributed by atoms with Crippen LogP contribution in [0.5, 0.6) is 0 Å². The van der Waals surface area contributed by atoms with E-state index in [1.807, 2.05) is 13.1 Å². The van der Waals surface area contributed by atoms with E-state index in [0.717, 1.165) is 11.4 Å². The molecule has 0 radical (unpaired) electrons. The molecule has 0 aromatic carbocycles. The Morgan fingerprint density at radius 2 is 2.17 bits per heavy atom. The lowest BCUT2D eigenvalue weighted by Gasteiger charge is -2.16. The molecule has 1 atom stereocenters. The second-order valence-corrected chi connectivity index (χ2v) is 5.20. The fourth-order valence-electron chi connectivity index (χ4n) is 1.31. The maximum Gasteiger partial charge on any atom is 0.224 e. The Morgan fingerprint density at radius 3 is 2.61 bits per heavy atom. The molecule has 0 aliphatic heterocycles. The molecule has 0 bridgehead atoms. The van der Waals surface area contributed by atoms with Gasteiger partial charge in [-0.1, -0.05) is 6.92 Å². The summed E-state index contributed by atoms with van der Waals surface area (Å²) in [6, 6.07) is -0.0857. The van der Waals surface area contributed by atoms with Crippen LogP contribution in [0.4, 0.5) is 0 Å². The first-order valence-electron chi connectivity index (χ1n) is 5.46. The summed E-state index contributed by atoms with van der Waals surface area (Å²) >= 11 is 1.66. The first kappa shape index (κ1) is 20.0. The quantitative estimate of drug-likeness (QED) is 0.907. The fraction of sp³-hybridized carbons (Fsp3) is 0.636. The topological polar surface area (TPSA) is 59.2 Å². The highest BCUT2D eigenvalue weighted by Crippen LogP contribution is 2.15. The Morgan fingerprint density at radius 1 is 1.56 bits per heavy atom. The Labute approximate surface area is 125 Å². The lowest BCUT2D eigenvalue weighted by molar-refractivity contribution is -0.130. The minimum atomic E-state index is -0.0857. The van der Waals surface area contributed by atoms with Crippen LogP contribution in [0.2, 0.25) is 0 Å². The summed E-state index contributed by atoms with van der Waals surface area (Å²) in [7, 11) is 1.79. The summed E-state index contributed by atoms with van der Waals surface area (Å²) in [6.45, 7) is 4.52. The predicted molar refractivity (Wildman–Crippen MR) is 80.7 cm³/mol. The molecule has 4 nitrogen and oxygen atoms in total. The number of rotatable bonds is 5. The van der Waals surface area contributed by atoms with Crippen molar-refractivity contribution in [1.82, 2.24) is 9.88 Å². The highest BCUT2D eigenvalue weighted by molar-refractivity contribution is 7.11. The zero-order valence-electron chi connectivity index (χ0n) is 10.9. The molecule has 1 heterocycles. The molecule has 1 aromatic rings. The van der Waals surface area contributed by atoms with Crippen LogP contribution in [0, 0.1) is 0 Å². The van der Waals surface area contributed by atoms with Gasteiger partial charge in [0.1, 0.15) is 5.01 Å². The van der Waals surface area contributed by atoms with E-state index in [9.17, 15) is 4.79 Å². The number of hydrogen-bond acceptors (Lipinski definition) is 4. The van der Waals surface area contributed by atoms with Crippen molar-refractivity contribution in [2.45, 2.75) is 39.3 Å². The third kappa shape index (κ3) is 6.54. The van der Waals surface area contributed by atoms with Crippen molar-refractivity contribution in [1.29, 1.82) is 0 Å². The molecule has 1 rings (SSSR count). The van der Waals surface area contributed by atoms with E-state index in [2.05, 4.69) is 11.9 Å². The van der Waals surface area contributed by atoms with Gasteiger partial charge in [-0.25, -0.2) is 4.98 Å². The number of thiazole rings is 1. The highest BCUT2D eigenvalue weighted by atomic mass is 35.5. The number of amides is 1. The number of aryl methyl sites for hydroxylation is 1. The highest BCUT2D eigenvalue weighted by Gasteiger charge is 2.12. The van der Waals surface area contributed by atoms with Crippen LogP contribution in [-0.2, 0) is 17.8 Å². The van der Waals surface area contributed by atoms with Gasteiger partial charge >= 0.3 is 0 Å². The molecule has 7 heteroatoms. The molecule has 0 spiro atoms. The van der Waals surface area contributed by atoms with Crippen LogP contribution in [0.25, 0.3) is 0 Å². The number of nitrogens with zero attached hydrogens (tertiary/aromatic N) is 2. The maximum absolute atomic E-state index is 11.7. The van der Waals surface area contributed by atoms with Crippen LogP contribution in [0.1, 0.15) is 30.2 Å². The van der Waals surface area contributed by atoms with Crippen LogP contribution in [0.15, 0.2) is 6.20 Å². The van der Waals surface area contributed by atoms with Gasteiger partial charge in [0.25, 0.3) is 0 Å². The molecule has 0 saturated carbocycles. The summed E-state index contributed by atoms with van der Waals surface area (Å²) < 4.78 is 0. The molecular formula is C11H21Cl2N3OS. The lowest BCUT2D eigenvalue weighted by atomic mass is 10.2. The van der Waals surface area contributed by atoms with E-state index in [1.54, 1.807) is 23.3 Å². The molecule has 1 amide bonds. The third-order valence-electron chi connectivity index (χ3n) is 2.24. The molecular weight excluding hydrogens is 293 g/mol. The maximum atomic E-state index is 11.7. The van der Waals surface area contributed by atoms with Gasteiger partial charge in [0.2, 0.25) is 5.91 Å². The average Bonchev–Trinajstić information content (AvgIpc) is 2.64. The minimum Gasteiger partial charge on any atom is -0.339 e. The first-order chi connectivity index (χ1) is 7.52. The standard InChI is InChI=1S/C11H19N3OS.2ClH/c1-4-9-6-13-10(16-9)7-14(3)11(15)5-8(2)12;;/h6,8H,4-5,7,12H2,1-3H3;2*1H. The molecule has 1 aromatic heterocycles. The van der Waals surface area contributed by atoms with Crippen LogP contribution in [-0.4, -0.2) is 28.9 Å². The number of aromatic nitrogens is 1. The summed E-state index contributed by atoms with van der Waals surface area (Å²) in [5.41, 5.74) is 5.59. The molecule has 0 saturated heterocycles. The van der Waals surface area contributed by atoms with Crippen LogP contribution in [0.3, 0.4) is 0 Å². The van der Waals surface area contributed by atoms with Gasteiger partial charge < -0.3 is 10.6 Å². The van der Waals surface area contributed by atoms with Crippen LogP contribution < -0.4 is 5.73 Å².